The molecule has 0 spiro atoms. The van der Waals surface area contributed by atoms with Crippen LogP contribution in [-0.2, 0) is 6.42 Å². The normalized spacial score (nSPS) is 29.8. The van der Waals surface area contributed by atoms with E-state index in [0.717, 1.165) is 42.7 Å². The molecule has 3 rings (SSSR count). The van der Waals surface area contributed by atoms with E-state index in [1.54, 1.807) is 12.1 Å². The molecule has 20 heavy (non-hydrogen) atoms. The molecule has 0 saturated heterocycles. The van der Waals surface area contributed by atoms with Crippen LogP contribution in [0.1, 0.15) is 44.6 Å². The molecule has 2 bridgehead atoms. The third kappa shape index (κ3) is 2.90. The summed E-state index contributed by atoms with van der Waals surface area (Å²) in [5, 5.41) is 3.71. The Labute approximate surface area is 122 Å². The zero-order chi connectivity index (χ0) is 13.9. The van der Waals surface area contributed by atoms with E-state index in [1.807, 2.05) is 12.1 Å². The Morgan fingerprint density at radius 2 is 2.10 bits per heavy atom. The molecule has 2 saturated carbocycles. The van der Waals surface area contributed by atoms with Gasteiger partial charge >= 0.3 is 0 Å². The van der Waals surface area contributed by atoms with Crippen LogP contribution in [-0.4, -0.2) is 12.6 Å². The van der Waals surface area contributed by atoms with Gasteiger partial charge in [-0.1, -0.05) is 31.5 Å². The topological polar surface area (TPSA) is 12.0 Å². The Bertz CT molecular complexity index is 445. The molecule has 1 N–H and O–H groups in total. The van der Waals surface area contributed by atoms with Gasteiger partial charge in [0.05, 0.1) is 0 Å². The van der Waals surface area contributed by atoms with Gasteiger partial charge in [0.15, 0.2) is 0 Å². The van der Waals surface area contributed by atoms with E-state index in [9.17, 15) is 4.39 Å². The van der Waals surface area contributed by atoms with E-state index >= 15 is 0 Å². The van der Waals surface area contributed by atoms with Crippen LogP contribution in [0.25, 0.3) is 0 Å². The molecule has 110 valence electrons. The van der Waals surface area contributed by atoms with Crippen molar-refractivity contribution in [2.45, 2.75) is 51.5 Å². The van der Waals surface area contributed by atoms with Crippen molar-refractivity contribution in [3.63, 3.8) is 0 Å². The fraction of sp³-hybridized carbons (Fsp3) is 0.667. The van der Waals surface area contributed by atoms with E-state index in [0.29, 0.717) is 6.04 Å². The van der Waals surface area contributed by atoms with Crippen LogP contribution in [0, 0.1) is 23.6 Å². The standard InChI is InChI=1S/C18H26FN/c1-2-9-20-18(12-15-5-3-4-6-17(15)19)16-11-13-7-8-14(16)10-13/h3-6,13-14,16,18,20H,2,7-12H2,1H3. The number of fused-ring (bicyclic) bond motifs is 2. The van der Waals surface area contributed by atoms with Crippen LogP contribution in [0.3, 0.4) is 0 Å². The maximum absolute atomic E-state index is 13.9. The summed E-state index contributed by atoms with van der Waals surface area (Å²) < 4.78 is 13.9. The first-order chi connectivity index (χ1) is 9.78. The molecular weight excluding hydrogens is 249 g/mol. The van der Waals surface area contributed by atoms with Crippen molar-refractivity contribution in [2.75, 3.05) is 6.54 Å². The van der Waals surface area contributed by atoms with Crippen LogP contribution in [0.4, 0.5) is 4.39 Å². The summed E-state index contributed by atoms with van der Waals surface area (Å²) in [4.78, 5) is 0. The van der Waals surface area contributed by atoms with Gasteiger partial charge in [0, 0.05) is 6.04 Å². The van der Waals surface area contributed by atoms with Crippen LogP contribution < -0.4 is 5.32 Å². The van der Waals surface area contributed by atoms with Crippen molar-refractivity contribution in [1.82, 2.24) is 5.32 Å². The van der Waals surface area contributed by atoms with Gasteiger partial charge in [-0.25, -0.2) is 4.39 Å². The molecule has 4 unspecified atom stereocenters. The highest BCUT2D eigenvalue weighted by molar-refractivity contribution is 5.19. The largest absolute Gasteiger partial charge is 0.313 e. The molecule has 0 amide bonds. The minimum atomic E-state index is -0.0426. The maximum Gasteiger partial charge on any atom is 0.126 e. The lowest BCUT2D eigenvalue weighted by atomic mass is 9.81. The van der Waals surface area contributed by atoms with Crippen LogP contribution in [0.5, 0.6) is 0 Å². The number of benzene rings is 1. The maximum atomic E-state index is 13.9. The molecule has 1 nitrogen and oxygen atoms in total. The van der Waals surface area contributed by atoms with Gasteiger partial charge in [-0.15, -0.1) is 0 Å². The van der Waals surface area contributed by atoms with Crippen molar-refractivity contribution in [1.29, 1.82) is 0 Å². The summed E-state index contributed by atoms with van der Waals surface area (Å²) in [5.74, 6) is 2.57. The molecule has 4 atom stereocenters. The molecule has 0 aromatic heterocycles. The Kier molecular flexibility index (Phi) is 4.40. The highest BCUT2D eigenvalue weighted by atomic mass is 19.1. The predicted molar refractivity (Wildman–Crippen MR) is 81.1 cm³/mol. The molecule has 0 aliphatic heterocycles. The Morgan fingerprint density at radius 3 is 2.75 bits per heavy atom. The highest BCUT2D eigenvalue weighted by Gasteiger charge is 2.42. The fourth-order valence-electron chi connectivity index (χ4n) is 4.39. The zero-order valence-electron chi connectivity index (χ0n) is 12.4. The minimum Gasteiger partial charge on any atom is -0.313 e. The van der Waals surface area contributed by atoms with Crippen LogP contribution >= 0.6 is 0 Å². The molecule has 1 aromatic carbocycles. The SMILES string of the molecule is CCCNC(Cc1ccccc1F)C1CC2CCC1C2. The van der Waals surface area contributed by atoms with Gasteiger partial charge in [0.2, 0.25) is 0 Å². The summed E-state index contributed by atoms with van der Waals surface area (Å²) in [6.45, 7) is 3.25. The van der Waals surface area contributed by atoms with Crippen molar-refractivity contribution in [3.8, 4) is 0 Å². The molecule has 0 heterocycles. The van der Waals surface area contributed by atoms with Gasteiger partial charge < -0.3 is 5.32 Å². The summed E-state index contributed by atoms with van der Waals surface area (Å²) in [5.41, 5.74) is 0.879. The molecule has 2 aliphatic carbocycles. The lowest BCUT2D eigenvalue weighted by molar-refractivity contribution is 0.245. The van der Waals surface area contributed by atoms with Gasteiger partial charge in [0.1, 0.15) is 5.82 Å². The number of hydrogen-bond acceptors (Lipinski definition) is 1. The van der Waals surface area contributed by atoms with Crippen molar-refractivity contribution < 1.29 is 4.39 Å². The Morgan fingerprint density at radius 1 is 1.25 bits per heavy atom. The highest BCUT2D eigenvalue weighted by Crippen LogP contribution is 2.49. The second-order valence-corrected chi connectivity index (χ2v) is 6.69. The summed E-state index contributed by atoms with van der Waals surface area (Å²) in [6.07, 6.45) is 7.61. The fourth-order valence-corrected chi connectivity index (χ4v) is 4.39. The van der Waals surface area contributed by atoms with Crippen molar-refractivity contribution >= 4 is 0 Å². The van der Waals surface area contributed by atoms with E-state index in [1.165, 1.54) is 25.7 Å². The van der Waals surface area contributed by atoms with Crippen molar-refractivity contribution in [3.05, 3.63) is 35.6 Å². The second kappa shape index (κ2) is 6.26. The predicted octanol–water partition coefficient (Wildman–Crippen LogP) is 4.17. The van der Waals surface area contributed by atoms with Crippen LogP contribution in [0.15, 0.2) is 24.3 Å². The third-order valence-corrected chi connectivity index (χ3v) is 5.36. The Hall–Kier alpha value is -0.890. The summed E-state index contributed by atoms with van der Waals surface area (Å²) in [6, 6.07) is 7.74. The van der Waals surface area contributed by atoms with E-state index in [2.05, 4.69) is 12.2 Å². The molecule has 1 aromatic rings. The smallest absolute Gasteiger partial charge is 0.126 e. The van der Waals surface area contributed by atoms with Gasteiger partial charge in [-0.3, -0.25) is 0 Å². The van der Waals surface area contributed by atoms with Gasteiger partial charge in [-0.05, 0) is 68.0 Å². The molecule has 2 heteroatoms. The Balaban J connectivity index is 1.71. The molecule has 2 aliphatic rings. The average molecular weight is 275 g/mol. The number of hydrogen-bond donors (Lipinski definition) is 1. The molecule has 0 radical (unpaired) electrons. The zero-order valence-corrected chi connectivity index (χ0v) is 12.4. The summed E-state index contributed by atoms with van der Waals surface area (Å²) in [7, 11) is 0. The number of nitrogens with one attached hydrogen (secondary N) is 1. The van der Waals surface area contributed by atoms with Gasteiger partial charge in [0.25, 0.3) is 0 Å². The first kappa shape index (κ1) is 14.1. The lowest BCUT2D eigenvalue weighted by Gasteiger charge is -2.31. The van der Waals surface area contributed by atoms with E-state index in [-0.39, 0.29) is 5.82 Å². The number of rotatable bonds is 6. The minimum absolute atomic E-state index is 0.0426. The monoisotopic (exact) mass is 275 g/mol. The quantitative estimate of drug-likeness (QED) is 0.821. The third-order valence-electron chi connectivity index (χ3n) is 5.36. The van der Waals surface area contributed by atoms with Crippen molar-refractivity contribution in [2.24, 2.45) is 17.8 Å². The summed E-state index contributed by atoms with van der Waals surface area (Å²) >= 11 is 0. The van der Waals surface area contributed by atoms with Gasteiger partial charge in [-0.2, -0.15) is 0 Å². The van der Waals surface area contributed by atoms with E-state index in [4.69, 9.17) is 0 Å². The molecular formula is C18H26FN. The number of halogens is 1. The second-order valence-electron chi connectivity index (χ2n) is 6.69. The first-order valence-electron chi connectivity index (χ1n) is 8.24. The first-order valence-corrected chi connectivity index (χ1v) is 8.24. The lowest BCUT2D eigenvalue weighted by Crippen LogP contribution is -2.41. The molecule has 2 fully saturated rings. The average Bonchev–Trinajstić information content (AvgIpc) is 3.08. The van der Waals surface area contributed by atoms with Crippen LogP contribution in [0.2, 0.25) is 0 Å². The van der Waals surface area contributed by atoms with E-state index < -0.39 is 0 Å².